The first kappa shape index (κ1) is 14.7. The van der Waals surface area contributed by atoms with Crippen LogP contribution in [0.5, 0.6) is 5.75 Å². The minimum absolute atomic E-state index is 0.0221. The van der Waals surface area contributed by atoms with Crippen LogP contribution in [0.3, 0.4) is 0 Å². The predicted molar refractivity (Wildman–Crippen MR) is 81.1 cm³/mol. The summed E-state index contributed by atoms with van der Waals surface area (Å²) >= 11 is 5.89. The Kier molecular flexibility index (Phi) is 4.85. The van der Waals surface area contributed by atoms with Gasteiger partial charge in [0.2, 0.25) is 0 Å². The van der Waals surface area contributed by atoms with Crippen LogP contribution in [0.15, 0.2) is 42.5 Å². The number of rotatable bonds is 5. The van der Waals surface area contributed by atoms with Crippen molar-refractivity contribution >= 4 is 17.3 Å². The fraction of sp³-hybridized carbons (Fsp3) is 0.250. The number of anilines is 1. The van der Waals surface area contributed by atoms with Gasteiger partial charge in [0.15, 0.2) is 0 Å². The zero-order valence-corrected chi connectivity index (χ0v) is 12.2. The van der Waals surface area contributed by atoms with Gasteiger partial charge in [0.05, 0.1) is 18.8 Å². The summed E-state index contributed by atoms with van der Waals surface area (Å²) in [4.78, 5) is 0. The van der Waals surface area contributed by atoms with Crippen molar-refractivity contribution in [2.24, 2.45) is 0 Å². The van der Waals surface area contributed by atoms with Crippen molar-refractivity contribution < 1.29 is 9.13 Å². The molecule has 2 nitrogen and oxygen atoms in total. The molecule has 0 aliphatic heterocycles. The molecule has 1 N–H and O–H groups in total. The maximum Gasteiger partial charge on any atom is 0.146 e. The van der Waals surface area contributed by atoms with Gasteiger partial charge in [0, 0.05) is 11.1 Å². The summed E-state index contributed by atoms with van der Waals surface area (Å²) in [6.07, 6.45) is 0.832. The first-order valence-corrected chi connectivity index (χ1v) is 6.87. The third-order valence-electron chi connectivity index (χ3n) is 3.18. The number of benzene rings is 2. The van der Waals surface area contributed by atoms with E-state index >= 15 is 0 Å². The Morgan fingerprint density at radius 1 is 1.20 bits per heavy atom. The molecule has 0 fully saturated rings. The molecule has 0 spiro atoms. The summed E-state index contributed by atoms with van der Waals surface area (Å²) in [5.74, 6) is 0.332. The monoisotopic (exact) mass is 293 g/mol. The molecule has 0 bridgehead atoms. The van der Waals surface area contributed by atoms with Gasteiger partial charge in [0.1, 0.15) is 11.6 Å². The Morgan fingerprint density at radius 2 is 1.90 bits per heavy atom. The molecule has 0 saturated heterocycles. The van der Waals surface area contributed by atoms with E-state index in [1.54, 1.807) is 19.2 Å². The maximum absolute atomic E-state index is 13.8. The van der Waals surface area contributed by atoms with E-state index in [9.17, 15) is 4.39 Å². The van der Waals surface area contributed by atoms with Gasteiger partial charge in [-0.25, -0.2) is 4.39 Å². The molecular formula is C16H17ClFNO. The third-order valence-corrected chi connectivity index (χ3v) is 3.44. The lowest BCUT2D eigenvalue weighted by molar-refractivity contribution is 0.414. The highest BCUT2D eigenvalue weighted by atomic mass is 35.5. The van der Waals surface area contributed by atoms with Crippen molar-refractivity contribution in [1.29, 1.82) is 0 Å². The molecule has 106 valence electrons. The third kappa shape index (κ3) is 3.42. The van der Waals surface area contributed by atoms with E-state index in [0.29, 0.717) is 16.5 Å². The summed E-state index contributed by atoms with van der Waals surface area (Å²) in [5.41, 5.74) is 1.50. The van der Waals surface area contributed by atoms with Gasteiger partial charge in [-0.1, -0.05) is 30.7 Å². The number of halogens is 2. The highest BCUT2D eigenvalue weighted by Crippen LogP contribution is 2.28. The molecule has 4 heteroatoms. The zero-order chi connectivity index (χ0) is 14.5. The standard InChI is InChI=1S/C16H17ClFNO/c1-3-15(11-4-6-12(17)7-5-11)19-16-10-13(20-2)8-9-14(16)18/h4-10,15,19H,3H2,1-2H3. The van der Waals surface area contributed by atoms with E-state index in [2.05, 4.69) is 5.32 Å². The largest absolute Gasteiger partial charge is 0.497 e. The molecule has 0 aromatic heterocycles. The van der Waals surface area contributed by atoms with Crippen molar-refractivity contribution in [3.05, 3.63) is 58.9 Å². The fourth-order valence-electron chi connectivity index (χ4n) is 2.05. The Hall–Kier alpha value is -1.74. The second-order valence-electron chi connectivity index (χ2n) is 4.50. The average Bonchev–Trinajstić information content (AvgIpc) is 2.47. The Labute approximate surface area is 123 Å². The van der Waals surface area contributed by atoms with Gasteiger partial charge in [-0.3, -0.25) is 0 Å². The minimum Gasteiger partial charge on any atom is -0.497 e. The quantitative estimate of drug-likeness (QED) is 0.833. The van der Waals surface area contributed by atoms with E-state index in [-0.39, 0.29) is 11.9 Å². The Bertz CT molecular complexity index is 571. The van der Waals surface area contributed by atoms with E-state index in [4.69, 9.17) is 16.3 Å². The van der Waals surface area contributed by atoms with Gasteiger partial charge in [0.25, 0.3) is 0 Å². The molecule has 2 aromatic rings. The second-order valence-corrected chi connectivity index (χ2v) is 4.94. The van der Waals surface area contributed by atoms with Crippen LogP contribution in [-0.2, 0) is 0 Å². The Morgan fingerprint density at radius 3 is 2.50 bits per heavy atom. The maximum atomic E-state index is 13.8. The second kappa shape index (κ2) is 6.62. The molecule has 0 aliphatic rings. The van der Waals surface area contributed by atoms with Crippen LogP contribution < -0.4 is 10.1 Å². The topological polar surface area (TPSA) is 21.3 Å². The zero-order valence-electron chi connectivity index (χ0n) is 11.5. The molecule has 1 unspecified atom stereocenters. The van der Waals surface area contributed by atoms with Crippen LogP contribution >= 0.6 is 11.6 Å². The SMILES string of the molecule is CCC(Nc1cc(OC)ccc1F)c1ccc(Cl)cc1. The molecule has 0 radical (unpaired) electrons. The molecule has 2 aromatic carbocycles. The van der Waals surface area contributed by atoms with Gasteiger partial charge in [-0.05, 0) is 36.2 Å². The van der Waals surface area contributed by atoms with E-state index in [1.807, 2.05) is 31.2 Å². The number of methoxy groups -OCH3 is 1. The van der Waals surface area contributed by atoms with E-state index in [0.717, 1.165) is 12.0 Å². The first-order valence-electron chi connectivity index (χ1n) is 6.49. The predicted octanol–water partition coefficient (Wildman–Crippen LogP) is 5.05. The molecule has 2 rings (SSSR count). The number of hydrogen-bond donors (Lipinski definition) is 1. The van der Waals surface area contributed by atoms with Crippen LogP contribution in [0.4, 0.5) is 10.1 Å². The summed E-state index contributed by atoms with van der Waals surface area (Å²) in [7, 11) is 1.56. The molecule has 0 aliphatic carbocycles. The lowest BCUT2D eigenvalue weighted by Crippen LogP contribution is -2.10. The first-order chi connectivity index (χ1) is 9.63. The molecule has 0 amide bonds. The van der Waals surface area contributed by atoms with Crippen LogP contribution in [0.1, 0.15) is 24.9 Å². The minimum atomic E-state index is -0.293. The molecule has 1 atom stereocenters. The van der Waals surface area contributed by atoms with Crippen LogP contribution in [0.2, 0.25) is 5.02 Å². The smallest absolute Gasteiger partial charge is 0.146 e. The highest BCUT2D eigenvalue weighted by molar-refractivity contribution is 6.30. The van der Waals surface area contributed by atoms with E-state index in [1.165, 1.54) is 6.07 Å². The fourth-order valence-corrected chi connectivity index (χ4v) is 2.17. The van der Waals surface area contributed by atoms with Gasteiger partial charge < -0.3 is 10.1 Å². The molecule has 0 saturated carbocycles. The van der Waals surface area contributed by atoms with Crippen molar-refractivity contribution in [3.8, 4) is 5.75 Å². The van der Waals surface area contributed by atoms with Gasteiger partial charge in [-0.2, -0.15) is 0 Å². The van der Waals surface area contributed by atoms with Crippen LogP contribution in [0, 0.1) is 5.82 Å². The number of ether oxygens (including phenoxy) is 1. The average molecular weight is 294 g/mol. The van der Waals surface area contributed by atoms with Gasteiger partial charge in [-0.15, -0.1) is 0 Å². The summed E-state index contributed by atoms with van der Waals surface area (Å²) in [6.45, 7) is 2.05. The Balaban J connectivity index is 2.23. The molecular weight excluding hydrogens is 277 g/mol. The van der Waals surface area contributed by atoms with Crippen molar-refractivity contribution in [1.82, 2.24) is 0 Å². The van der Waals surface area contributed by atoms with Gasteiger partial charge >= 0.3 is 0 Å². The summed E-state index contributed by atoms with van der Waals surface area (Å²) in [6, 6.07) is 12.2. The van der Waals surface area contributed by atoms with Crippen LogP contribution in [-0.4, -0.2) is 7.11 Å². The van der Waals surface area contributed by atoms with Crippen molar-refractivity contribution in [2.75, 3.05) is 12.4 Å². The molecule has 20 heavy (non-hydrogen) atoms. The van der Waals surface area contributed by atoms with E-state index < -0.39 is 0 Å². The number of hydrogen-bond acceptors (Lipinski definition) is 2. The lowest BCUT2D eigenvalue weighted by Gasteiger charge is -2.19. The summed E-state index contributed by atoms with van der Waals surface area (Å²) < 4.78 is 19.0. The molecule has 0 heterocycles. The summed E-state index contributed by atoms with van der Waals surface area (Å²) in [5, 5.41) is 3.90. The van der Waals surface area contributed by atoms with Crippen LogP contribution in [0.25, 0.3) is 0 Å². The normalized spacial score (nSPS) is 12.0. The lowest BCUT2D eigenvalue weighted by atomic mass is 10.0. The highest BCUT2D eigenvalue weighted by Gasteiger charge is 2.12. The number of nitrogens with one attached hydrogen (secondary N) is 1. The van der Waals surface area contributed by atoms with Crippen molar-refractivity contribution in [3.63, 3.8) is 0 Å². The van der Waals surface area contributed by atoms with Crippen molar-refractivity contribution in [2.45, 2.75) is 19.4 Å².